The molecule has 8 aromatic carbocycles. The summed E-state index contributed by atoms with van der Waals surface area (Å²) in [6.07, 6.45) is 2.30. The largest absolute Gasteiger partial charge is 0.399 e. The summed E-state index contributed by atoms with van der Waals surface area (Å²) >= 11 is 0. The minimum Gasteiger partial charge on any atom is -0.399 e. The second-order valence-corrected chi connectivity index (χ2v) is 13.0. The Hall–Kier alpha value is -6.12. The summed E-state index contributed by atoms with van der Waals surface area (Å²) in [6, 6.07) is 56.5. The van der Waals surface area contributed by atoms with E-state index in [0.717, 1.165) is 28.1 Å². The van der Waals surface area contributed by atoms with Crippen LogP contribution in [-0.2, 0) is 0 Å². The fourth-order valence-electron chi connectivity index (χ4n) is 7.26. The van der Waals surface area contributed by atoms with Gasteiger partial charge in [-0.1, -0.05) is 140 Å². The van der Waals surface area contributed by atoms with Gasteiger partial charge < -0.3 is 10.6 Å². The molecule has 0 bridgehead atoms. The van der Waals surface area contributed by atoms with E-state index in [1.165, 1.54) is 59.8 Å². The number of benzene rings is 8. The van der Waals surface area contributed by atoms with E-state index < -0.39 is 0 Å². The van der Waals surface area contributed by atoms with Crippen LogP contribution in [0, 0.1) is 0 Å². The Morgan fingerprint density at radius 1 is 0.551 bits per heavy atom. The lowest BCUT2D eigenvalue weighted by molar-refractivity contribution is 0.382. The van der Waals surface area contributed by atoms with Gasteiger partial charge in [-0.15, -0.1) is 0 Å². The molecule has 8 rings (SSSR count). The highest BCUT2D eigenvalue weighted by atomic mass is 15.1. The Labute approximate surface area is 288 Å². The molecule has 0 saturated heterocycles. The van der Waals surface area contributed by atoms with Gasteiger partial charge in [0.25, 0.3) is 0 Å². The number of nitrogens with zero attached hydrogens (tertiary/aromatic N) is 1. The Morgan fingerprint density at radius 3 is 1.53 bits per heavy atom. The summed E-state index contributed by atoms with van der Waals surface area (Å²) in [5.41, 5.74) is 14.7. The van der Waals surface area contributed by atoms with Crippen LogP contribution in [0.25, 0.3) is 65.5 Å². The molecule has 2 nitrogen and oxygen atoms in total. The highest BCUT2D eigenvalue weighted by Gasteiger charge is 2.20. The fraction of sp³-hybridized carbons (Fsp3) is 0.0638. The van der Waals surface area contributed by atoms with E-state index in [4.69, 9.17) is 12.3 Å². The highest BCUT2D eigenvalue weighted by molar-refractivity contribution is 6.14. The number of allylic oxidation sites excluding steroid dienone is 2. The summed E-state index contributed by atoms with van der Waals surface area (Å²) in [6.45, 7) is 7.02. The van der Waals surface area contributed by atoms with Crippen molar-refractivity contribution in [2.24, 2.45) is 0 Å². The van der Waals surface area contributed by atoms with Crippen molar-refractivity contribution in [3.8, 4) is 11.1 Å². The molecule has 0 saturated carbocycles. The molecule has 0 aliphatic carbocycles. The molecule has 49 heavy (non-hydrogen) atoms. The van der Waals surface area contributed by atoms with Crippen LogP contribution in [0.2, 0.25) is 0 Å². The van der Waals surface area contributed by atoms with Gasteiger partial charge in [0.2, 0.25) is 0 Å². The number of hydrogen-bond acceptors (Lipinski definition) is 2. The number of fused-ring (bicyclic) bond motifs is 6. The minimum absolute atomic E-state index is 0.0816. The van der Waals surface area contributed by atoms with Crippen molar-refractivity contribution in [2.75, 3.05) is 12.8 Å². The first-order valence-electron chi connectivity index (χ1n) is 16.9. The summed E-state index contributed by atoms with van der Waals surface area (Å²) < 4.78 is 0. The van der Waals surface area contributed by atoms with E-state index in [9.17, 15) is 0 Å². The van der Waals surface area contributed by atoms with Crippen LogP contribution >= 0.6 is 0 Å². The van der Waals surface area contributed by atoms with Crippen molar-refractivity contribution in [1.82, 2.24) is 4.90 Å². The molecular formula is C47H38N2. The zero-order valence-corrected chi connectivity index (χ0v) is 27.9. The second kappa shape index (κ2) is 12.5. The molecule has 0 aliphatic rings. The first-order valence-corrected chi connectivity index (χ1v) is 16.9. The first kappa shape index (κ1) is 30.2. The average molecular weight is 631 g/mol. The van der Waals surface area contributed by atoms with Crippen molar-refractivity contribution >= 4 is 60.0 Å². The molecule has 2 heteroatoms. The van der Waals surface area contributed by atoms with Crippen LogP contribution in [-0.4, -0.2) is 11.9 Å². The highest BCUT2D eigenvalue weighted by Crippen LogP contribution is 2.39. The molecular weight excluding hydrogens is 593 g/mol. The van der Waals surface area contributed by atoms with Crippen LogP contribution in [0.3, 0.4) is 0 Å². The lowest BCUT2D eigenvalue weighted by Crippen LogP contribution is -2.21. The van der Waals surface area contributed by atoms with Crippen molar-refractivity contribution in [3.05, 3.63) is 187 Å². The molecule has 0 spiro atoms. The van der Waals surface area contributed by atoms with E-state index in [-0.39, 0.29) is 6.04 Å². The summed E-state index contributed by atoms with van der Waals surface area (Å²) in [4.78, 5) is 2.41. The number of rotatable bonds is 7. The maximum absolute atomic E-state index is 5.95. The van der Waals surface area contributed by atoms with Crippen LogP contribution < -0.4 is 5.73 Å². The number of nitrogens with two attached hydrogens (primary N) is 1. The molecule has 1 atom stereocenters. The maximum Gasteiger partial charge on any atom is 0.0511 e. The standard InChI is InChI=1S/C47H38N2/c1-31(45-29-36-12-4-6-14-39(36)41-16-8-10-18-43(41)45)28-47(46-30-37-13-5-7-15-40(37)42-17-9-11-19-44(42)46)49(3)32(2)33-20-22-34(23-21-33)35-24-26-38(48)27-25-35/h4-30,32H,1,48H2,2-3H3/b47-28-. The predicted octanol–water partition coefficient (Wildman–Crippen LogP) is 12.3. The molecule has 0 aliphatic heterocycles. The SMILES string of the molecule is C=C(/C=C(/c1cc2ccccc2c2ccccc12)N(C)C(C)c1ccc(-c2ccc(N)cc2)cc1)c1cc2ccccc2c2ccccc12. The van der Waals surface area contributed by atoms with Gasteiger partial charge in [-0.25, -0.2) is 0 Å². The first-order chi connectivity index (χ1) is 24.0. The van der Waals surface area contributed by atoms with E-state index in [1.54, 1.807) is 0 Å². The molecule has 0 heterocycles. The van der Waals surface area contributed by atoms with Crippen molar-refractivity contribution < 1.29 is 0 Å². The average Bonchev–Trinajstić information content (AvgIpc) is 3.16. The minimum atomic E-state index is 0.0816. The van der Waals surface area contributed by atoms with Gasteiger partial charge in [-0.2, -0.15) is 0 Å². The van der Waals surface area contributed by atoms with Gasteiger partial charge >= 0.3 is 0 Å². The van der Waals surface area contributed by atoms with Crippen LogP contribution in [0.4, 0.5) is 5.69 Å². The van der Waals surface area contributed by atoms with E-state index in [1.807, 2.05) is 12.1 Å². The van der Waals surface area contributed by atoms with Crippen molar-refractivity contribution in [3.63, 3.8) is 0 Å². The quantitative estimate of drug-likeness (QED) is 0.108. The van der Waals surface area contributed by atoms with Gasteiger partial charge in [0.1, 0.15) is 0 Å². The number of anilines is 1. The third kappa shape index (κ3) is 5.52. The van der Waals surface area contributed by atoms with E-state index in [0.29, 0.717) is 0 Å². The number of hydrogen-bond donors (Lipinski definition) is 1. The third-order valence-corrected chi connectivity index (χ3v) is 10.1. The van der Waals surface area contributed by atoms with Crippen LogP contribution in [0.15, 0.2) is 170 Å². The summed E-state index contributed by atoms with van der Waals surface area (Å²) in [5.74, 6) is 0. The van der Waals surface area contributed by atoms with Gasteiger partial charge in [0.05, 0.1) is 6.04 Å². The Kier molecular flexibility index (Phi) is 7.70. The normalized spacial score (nSPS) is 12.5. The fourth-order valence-corrected chi connectivity index (χ4v) is 7.26. The molecule has 0 fully saturated rings. The third-order valence-electron chi connectivity index (χ3n) is 10.1. The monoisotopic (exact) mass is 630 g/mol. The van der Waals surface area contributed by atoms with Gasteiger partial charge in [-0.05, 0) is 108 Å². The molecule has 0 radical (unpaired) electrons. The van der Waals surface area contributed by atoms with Gasteiger partial charge in [0, 0.05) is 24.0 Å². The Balaban J connectivity index is 1.29. The molecule has 2 N–H and O–H groups in total. The predicted molar refractivity (Wildman–Crippen MR) is 212 cm³/mol. The summed E-state index contributed by atoms with van der Waals surface area (Å²) in [7, 11) is 2.21. The van der Waals surface area contributed by atoms with Crippen LogP contribution in [0.1, 0.15) is 29.7 Å². The zero-order valence-electron chi connectivity index (χ0n) is 27.9. The Morgan fingerprint density at radius 2 is 0.980 bits per heavy atom. The molecule has 8 aromatic rings. The zero-order chi connectivity index (χ0) is 33.5. The maximum atomic E-state index is 5.95. The smallest absolute Gasteiger partial charge is 0.0511 e. The lowest BCUT2D eigenvalue weighted by Gasteiger charge is -2.31. The summed E-state index contributed by atoms with van der Waals surface area (Å²) in [5, 5.41) is 9.87. The topological polar surface area (TPSA) is 29.3 Å². The molecule has 236 valence electrons. The van der Waals surface area contributed by atoms with E-state index >= 15 is 0 Å². The van der Waals surface area contributed by atoms with Crippen molar-refractivity contribution in [1.29, 1.82) is 0 Å². The van der Waals surface area contributed by atoms with Crippen LogP contribution in [0.5, 0.6) is 0 Å². The van der Waals surface area contributed by atoms with Gasteiger partial charge in [-0.3, -0.25) is 0 Å². The number of nitrogen functional groups attached to an aromatic ring is 1. The molecule has 0 aromatic heterocycles. The van der Waals surface area contributed by atoms with Crippen molar-refractivity contribution in [2.45, 2.75) is 13.0 Å². The second-order valence-electron chi connectivity index (χ2n) is 13.0. The molecule has 0 amide bonds. The lowest BCUT2D eigenvalue weighted by atomic mass is 9.91. The van der Waals surface area contributed by atoms with E-state index in [2.05, 4.69) is 171 Å². The Bertz CT molecular complexity index is 2540. The molecule has 1 unspecified atom stereocenters. The van der Waals surface area contributed by atoms with Gasteiger partial charge in [0.15, 0.2) is 0 Å².